The Bertz CT molecular complexity index is 143. The van der Waals surface area contributed by atoms with E-state index >= 15 is 0 Å². The van der Waals surface area contributed by atoms with Crippen molar-refractivity contribution in [3.63, 3.8) is 0 Å². The minimum absolute atomic E-state index is 0.801. The Kier molecular flexibility index (Phi) is 2.94. The molecule has 0 unspecified atom stereocenters. The molecule has 1 fully saturated rings. The molecule has 1 rings (SSSR count). The average Bonchev–Trinajstić information content (AvgIpc) is 2.32. The van der Waals surface area contributed by atoms with Gasteiger partial charge in [0.15, 0.2) is 0 Å². The highest BCUT2D eigenvalue weighted by Gasteiger charge is 2.12. The first-order chi connectivity index (χ1) is 5.08. The zero-order valence-corrected chi connectivity index (χ0v) is 9.11. The van der Waals surface area contributed by atoms with Gasteiger partial charge in [-0.25, -0.2) is 0 Å². The number of rotatable bonds is 2. The lowest BCUT2D eigenvalue weighted by molar-refractivity contribution is 0.886. The molecule has 0 heterocycles. The third-order valence-corrected chi connectivity index (χ3v) is 3.68. The molecule has 0 atom stereocenters. The second kappa shape index (κ2) is 3.57. The summed E-state index contributed by atoms with van der Waals surface area (Å²) in [7, 11) is -0.801. The van der Waals surface area contributed by atoms with Crippen molar-refractivity contribution in [3.05, 3.63) is 11.6 Å². The minimum Gasteiger partial charge on any atom is -0.0880 e. The molecule has 1 heteroatoms. The summed E-state index contributed by atoms with van der Waals surface area (Å²) < 4.78 is 0. The van der Waals surface area contributed by atoms with Crippen LogP contribution in [-0.2, 0) is 0 Å². The normalized spacial score (nSPS) is 19.0. The van der Waals surface area contributed by atoms with Crippen LogP contribution in [0.1, 0.15) is 25.7 Å². The molecule has 0 spiro atoms. The van der Waals surface area contributed by atoms with Gasteiger partial charge in [0.25, 0.3) is 0 Å². The lowest BCUT2D eigenvalue weighted by Gasteiger charge is -2.12. The van der Waals surface area contributed by atoms with Crippen molar-refractivity contribution in [2.24, 2.45) is 0 Å². The summed E-state index contributed by atoms with van der Waals surface area (Å²) in [6.45, 7) is 7.33. The van der Waals surface area contributed by atoms with Gasteiger partial charge in [-0.1, -0.05) is 31.3 Å². The second-order valence-corrected chi connectivity index (χ2v) is 10.4. The molecule has 0 bridgehead atoms. The molecule has 11 heavy (non-hydrogen) atoms. The van der Waals surface area contributed by atoms with Crippen LogP contribution in [0, 0.1) is 0 Å². The summed E-state index contributed by atoms with van der Waals surface area (Å²) >= 11 is 0. The van der Waals surface area contributed by atoms with Crippen LogP contribution in [0.4, 0.5) is 0 Å². The summed E-state index contributed by atoms with van der Waals surface area (Å²) in [6.07, 6.45) is 8.20. The van der Waals surface area contributed by atoms with E-state index in [4.69, 9.17) is 0 Å². The Morgan fingerprint density at radius 3 is 2.18 bits per heavy atom. The molecule has 64 valence electrons. The van der Waals surface area contributed by atoms with Crippen LogP contribution in [0.25, 0.3) is 0 Å². The van der Waals surface area contributed by atoms with Crippen LogP contribution >= 0.6 is 0 Å². The van der Waals surface area contributed by atoms with E-state index in [1.165, 1.54) is 31.7 Å². The summed E-state index contributed by atoms with van der Waals surface area (Å²) in [6, 6.07) is 1.39. The van der Waals surface area contributed by atoms with Gasteiger partial charge in [-0.2, -0.15) is 0 Å². The maximum Gasteiger partial charge on any atom is 0.0480 e. The van der Waals surface area contributed by atoms with Crippen molar-refractivity contribution in [2.45, 2.75) is 51.4 Å². The van der Waals surface area contributed by atoms with Crippen molar-refractivity contribution in [3.8, 4) is 0 Å². The van der Waals surface area contributed by atoms with Crippen molar-refractivity contribution in [1.29, 1.82) is 0 Å². The quantitative estimate of drug-likeness (QED) is 0.434. The molecule has 0 aliphatic heterocycles. The fourth-order valence-corrected chi connectivity index (χ4v) is 2.38. The first-order valence-corrected chi connectivity index (χ1v) is 8.46. The number of hydrogen-bond acceptors (Lipinski definition) is 0. The van der Waals surface area contributed by atoms with Gasteiger partial charge >= 0.3 is 0 Å². The van der Waals surface area contributed by atoms with Crippen LogP contribution in [0.2, 0.25) is 25.7 Å². The van der Waals surface area contributed by atoms with Crippen molar-refractivity contribution in [2.75, 3.05) is 0 Å². The number of allylic oxidation sites excluding steroid dienone is 2. The van der Waals surface area contributed by atoms with Gasteiger partial charge in [-0.15, -0.1) is 0 Å². The zero-order chi connectivity index (χ0) is 8.32. The zero-order valence-electron chi connectivity index (χ0n) is 8.11. The van der Waals surface area contributed by atoms with E-state index in [0.29, 0.717) is 0 Å². The number of hydrogen-bond donors (Lipinski definition) is 0. The van der Waals surface area contributed by atoms with Crippen molar-refractivity contribution < 1.29 is 0 Å². The van der Waals surface area contributed by atoms with E-state index in [1.807, 2.05) is 0 Å². The summed E-state index contributed by atoms with van der Waals surface area (Å²) in [5.74, 6) is 0. The van der Waals surface area contributed by atoms with Crippen LogP contribution in [-0.4, -0.2) is 8.07 Å². The molecule has 0 saturated heterocycles. The maximum atomic E-state index is 2.53. The Hall–Kier alpha value is -0.0431. The van der Waals surface area contributed by atoms with Crippen LogP contribution in [0.15, 0.2) is 11.6 Å². The van der Waals surface area contributed by atoms with Crippen molar-refractivity contribution >= 4 is 8.07 Å². The minimum atomic E-state index is -0.801. The lowest BCUT2D eigenvalue weighted by Crippen LogP contribution is -2.17. The highest BCUT2D eigenvalue weighted by molar-refractivity contribution is 6.76. The first-order valence-electron chi connectivity index (χ1n) is 4.76. The van der Waals surface area contributed by atoms with Gasteiger partial charge in [-0.05, 0) is 31.7 Å². The molecule has 0 N–H and O–H groups in total. The molecule has 1 aliphatic carbocycles. The largest absolute Gasteiger partial charge is 0.0880 e. The smallest absolute Gasteiger partial charge is 0.0480 e. The van der Waals surface area contributed by atoms with Gasteiger partial charge < -0.3 is 0 Å². The molecule has 0 radical (unpaired) electrons. The Labute approximate surface area is 71.7 Å². The third kappa shape index (κ3) is 3.75. The molecule has 1 saturated carbocycles. The monoisotopic (exact) mass is 168 g/mol. The lowest BCUT2D eigenvalue weighted by atomic mass is 10.2. The maximum absolute atomic E-state index is 2.53. The second-order valence-electron chi connectivity index (χ2n) is 4.83. The predicted molar refractivity (Wildman–Crippen MR) is 54.7 cm³/mol. The van der Waals surface area contributed by atoms with Crippen molar-refractivity contribution in [1.82, 2.24) is 0 Å². The Morgan fingerprint density at radius 2 is 1.73 bits per heavy atom. The molecule has 0 aromatic carbocycles. The Balaban J connectivity index is 2.34. The Morgan fingerprint density at radius 1 is 1.18 bits per heavy atom. The molecule has 0 aromatic heterocycles. The molecule has 1 aliphatic rings. The summed E-state index contributed by atoms with van der Waals surface area (Å²) in [5.41, 5.74) is 1.74. The average molecular weight is 168 g/mol. The van der Waals surface area contributed by atoms with Gasteiger partial charge in [0, 0.05) is 8.07 Å². The molecule has 0 nitrogen and oxygen atoms in total. The van der Waals surface area contributed by atoms with Crippen LogP contribution < -0.4 is 0 Å². The third-order valence-electron chi connectivity index (χ3n) is 2.25. The predicted octanol–water partition coefficient (Wildman–Crippen LogP) is 3.83. The standard InChI is InChI=1S/C10H20Si/c1-11(2,3)9-8-10-6-4-5-7-10/h8H,4-7,9H2,1-3H3. The van der Waals surface area contributed by atoms with E-state index in [2.05, 4.69) is 25.7 Å². The van der Waals surface area contributed by atoms with Gasteiger partial charge in [0.05, 0.1) is 0 Å². The SMILES string of the molecule is C[Si](C)(C)CC=C1CCCC1. The van der Waals surface area contributed by atoms with Crippen LogP contribution in [0.5, 0.6) is 0 Å². The van der Waals surface area contributed by atoms with E-state index in [-0.39, 0.29) is 0 Å². The van der Waals surface area contributed by atoms with E-state index in [0.717, 1.165) is 0 Å². The van der Waals surface area contributed by atoms with Gasteiger partial charge in [0.2, 0.25) is 0 Å². The summed E-state index contributed by atoms with van der Waals surface area (Å²) in [5, 5.41) is 0. The highest BCUT2D eigenvalue weighted by atomic mass is 28.3. The van der Waals surface area contributed by atoms with Crippen LogP contribution in [0.3, 0.4) is 0 Å². The van der Waals surface area contributed by atoms with Gasteiger partial charge in [-0.3, -0.25) is 0 Å². The molecule has 0 aromatic rings. The fraction of sp³-hybridized carbons (Fsp3) is 0.800. The first kappa shape index (κ1) is 9.05. The van der Waals surface area contributed by atoms with E-state index < -0.39 is 8.07 Å². The highest BCUT2D eigenvalue weighted by Crippen LogP contribution is 2.25. The van der Waals surface area contributed by atoms with E-state index in [9.17, 15) is 0 Å². The summed E-state index contributed by atoms with van der Waals surface area (Å²) in [4.78, 5) is 0. The topological polar surface area (TPSA) is 0 Å². The van der Waals surface area contributed by atoms with Gasteiger partial charge in [0.1, 0.15) is 0 Å². The fourth-order valence-electron chi connectivity index (χ4n) is 1.48. The van der Waals surface area contributed by atoms with E-state index in [1.54, 1.807) is 5.57 Å². The molecular formula is C10H20Si. The molecular weight excluding hydrogens is 148 g/mol. The molecule has 0 amide bonds.